The maximum atomic E-state index is 13.1. The van der Waals surface area contributed by atoms with Crippen LogP contribution in [0.4, 0.5) is 5.69 Å². The molecule has 1 fully saturated rings. The van der Waals surface area contributed by atoms with Gasteiger partial charge in [-0.25, -0.2) is 0 Å². The quantitative estimate of drug-likeness (QED) is 0.553. The van der Waals surface area contributed by atoms with Gasteiger partial charge in [0.2, 0.25) is 5.91 Å². The number of guanidine groups is 1. The highest BCUT2D eigenvalue weighted by molar-refractivity contribution is 5.93. The smallest absolute Gasteiger partial charge is 0.232 e. The van der Waals surface area contributed by atoms with Gasteiger partial charge in [0.25, 0.3) is 0 Å². The van der Waals surface area contributed by atoms with Crippen LogP contribution in [0.3, 0.4) is 0 Å². The van der Waals surface area contributed by atoms with E-state index in [0.29, 0.717) is 32.9 Å². The van der Waals surface area contributed by atoms with Crippen LogP contribution in [0.25, 0.3) is 0 Å². The molecule has 1 heterocycles. The third kappa shape index (κ3) is 5.79. The van der Waals surface area contributed by atoms with Crippen molar-refractivity contribution in [2.75, 3.05) is 45.3 Å². The standard InChI is InChI=1S/C22H28N4O3/c1-28-16-18-9-5-6-10-20(18)25-22(23)24-15-19(17-7-3-2-4-8-17)21(27)26-11-13-29-14-12-26/h2-10,19H,11-16H2,1H3,(H3,23,24,25). The van der Waals surface area contributed by atoms with Gasteiger partial charge in [-0.2, -0.15) is 0 Å². The van der Waals surface area contributed by atoms with E-state index in [4.69, 9.17) is 15.2 Å². The minimum absolute atomic E-state index is 0.0517. The zero-order chi connectivity index (χ0) is 20.5. The van der Waals surface area contributed by atoms with Crippen molar-refractivity contribution in [1.82, 2.24) is 4.90 Å². The van der Waals surface area contributed by atoms with Gasteiger partial charge in [-0.1, -0.05) is 48.5 Å². The molecule has 0 aromatic heterocycles. The van der Waals surface area contributed by atoms with Crippen LogP contribution in [0, 0.1) is 0 Å². The molecule has 154 valence electrons. The number of ether oxygens (including phenoxy) is 2. The van der Waals surface area contributed by atoms with Gasteiger partial charge in [0, 0.05) is 31.5 Å². The molecule has 1 saturated heterocycles. The fourth-order valence-electron chi connectivity index (χ4n) is 3.31. The maximum absolute atomic E-state index is 13.1. The average molecular weight is 396 g/mol. The van der Waals surface area contributed by atoms with E-state index in [1.807, 2.05) is 59.5 Å². The lowest BCUT2D eigenvalue weighted by Gasteiger charge is -2.30. The van der Waals surface area contributed by atoms with E-state index in [2.05, 4.69) is 10.3 Å². The molecule has 0 bridgehead atoms. The number of benzene rings is 2. The number of carbonyl (C=O) groups is 1. The molecule has 3 N–H and O–H groups in total. The summed E-state index contributed by atoms with van der Waals surface area (Å²) >= 11 is 0. The van der Waals surface area contributed by atoms with Crippen molar-refractivity contribution in [2.45, 2.75) is 12.5 Å². The van der Waals surface area contributed by atoms with Crippen LogP contribution in [0.15, 0.2) is 59.6 Å². The average Bonchev–Trinajstić information content (AvgIpc) is 2.76. The summed E-state index contributed by atoms with van der Waals surface area (Å²) in [6, 6.07) is 17.5. The molecular weight excluding hydrogens is 368 g/mol. The zero-order valence-corrected chi connectivity index (χ0v) is 16.7. The van der Waals surface area contributed by atoms with Crippen molar-refractivity contribution < 1.29 is 14.3 Å². The summed E-state index contributed by atoms with van der Waals surface area (Å²) in [5, 5.41) is 3.12. The number of nitrogens with two attached hydrogens (primary N) is 1. The molecular formula is C22H28N4O3. The minimum atomic E-state index is -0.385. The van der Waals surface area contributed by atoms with E-state index >= 15 is 0 Å². The van der Waals surface area contributed by atoms with Crippen molar-refractivity contribution in [3.8, 4) is 0 Å². The first-order valence-electron chi connectivity index (χ1n) is 9.74. The number of methoxy groups -OCH3 is 1. The molecule has 1 unspecified atom stereocenters. The van der Waals surface area contributed by atoms with Crippen LogP contribution in [-0.4, -0.2) is 56.7 Å². The van der Waals surface area contributed by atoms with Crippen LogP contribution in [-0.2, 0) is 20.9 Å². The second-order valence-corrected chi connectivity index (χ2v) is 6.84. The molecule has 29 heavy (non-hydrogen) atoms. The first kappa shape index (κ1) is 20.8. The summed E-state index contributed by atoms with van der Waals surface area (Å²) in [5.41, 5.74) is 8.88. The third-order valence-corrected chi connectivity index (χ3v) is 4.85. The number of anilines is 1. The van der Waals surface area contributed by atoms with Gasteiger partial charge in [0.15, 0.2) is 5.96 Å². The van der Waals surface area contributed by atoms with Crippen molar-refractivity contribution in [3.05, 3.63) is 65.7 Å². The lowest BCUT2D eigenvalue weighted by Crippen LogP contribution is -2.43. The van der Waals surface area contributed by atoms with Crippen molar-refractivity contribution in [1.29, 1.82) is 0 Å². The third-order valence-electron chi connectivity index (χ3n) is 4.85. The maximum Gasteiger partial charge on any atom is 0.232 e. The molecule has 1 atom stereocenters. The summed E-state index contributed by atoms with van der Waals surface area (Å²) in [7, 11) is 1.65. The predicted octanol–water partition coefficient (Wildman–Crippen LogP) is 2.20. The normalized spacial score (nSPS) is 15.8. The second kappa shape index (κ2) is 10.6. The van der Waals surface area contributed by atoms with Crippen LogP contribution >= 0.6 is 0 Å². The lowest BCUT2D eigenvalue weighted by atomic mass is 9.97. The molecule has 3 rings (SSSR count). The Balaban J connectivity index is 1.74. The number of morpholine rings is 1. The van der Waals surface area contributed by atoms with Crippen LogP contribution < -0.4 is 11.1 Å². The second-order valence-electron chi connectivity index (χ2n) is 6.84. The summed E-state index contributed by atoms with van der Waals surface area (Å²) < 4.78 is 10.6. The van der Waals surface area contributed by atoms with Gasteiger partial charge < -0.3 is 25.4 Å². The summed E-state index contributed by atoms with van der Waals surface area (Å²) in [4.78, 5) is 19.5. The molecule has 1 amide bonds. The topological polar surface area (TPSA) is 89.2 Å². The number of hydrogen-bond donors (Lipinski definition) is 2. The van der Waals surface area contributed by atoms with Gasteiger partial charge in [0.1, 0.15) is 0 Å². The molecule has 2 aromatic carbocycles. The highest BCUT2D eigenvalue weighted by atomic mass is 16.5. The number of hydrogen-bond acceptors (Lipinski definition) is 4. The largest absolute Gasteiger partial charge is 0.380 e. The van der Waals surface area contributed by atoms with E-state index in [-0.39, 0.29) is 24.3 Å². The number of nitrogens with one attached hydrogen (secondary N) is 1. The highest BCUT2D eigenvalue weighted by Crippen LogP contribution is 2.20. The number of nitrogens with zero attached hydrogens (tertiary/aromatic N) is 2. The van der Waals surface area contributed by atoms with Gasteiger partial charge in [-0.15, -0.1) is 0 Å². The molecule has 1 aliphatic heterocycles. The predicted molar refractivity (Wildman–Crippen MR) is 114 cm³/mol. The Morgan fingerprint density at radius 3 is 2.59 bits per heavy atom. The van der Waals surface area contributed by atoms with E-state index < -0.39 is 0 Å². The van der Waals surface area contributed by atoms with E-state index in [9.17, 15) is 4.79 Å². The Kier molecular flexibility index (Phi) is 7.61. The zero-order valence-electron chi connectivity index (χ0n) is 16.7. The number of carbonyl (C=O) groups excluding carboxylic acids is 1. The Hall–Kier alpha value is -2.90. The van der Waals surface area contributed by atoms with Gasteiger partial charge >= 0.3 is 0 Å². The molecule has 0 radical (unpaired) electrons. The summed E-state index contributed by atoms with van der Waals surface area (Å²) in [6.45, 7) is 3.07. The first-order valence-corrected chi connectivity index (χ1v) is 9.74. The summed E-state index contributed by atoms with van der Waals surface area (Å²) in [6.07, 6.45) is 0. The SMILES string of the molecule is COCc1ccccc1NC(N)=NCC(C(=O)N1CCOCC1)c1ccccc1. The van der Waals surface area contributed by atoms with Gasteiger partial charge in [-0.3, -0.25) is 9.79 Å². The minimum Gasteiger partial charge on any atom is -0.380 e. The van der Waals surface area contributed by atoms with Crippen molar-refractivity contribution in [2.24, 2.45) is 10.7 Å². The summed E-state index contributed by atoms with van der Waals surface area (Å²) in [5.74, 6) is -0.0658. The Morgan fingerprint density at radius 1 is 1.17 bits per heavy atom. The number of para-hydroxylation sites is 1. The van der Waals surface area contributed by atoms with Crippen LogP contribution in [0.1, 0.15) is 17.0 Å². The Morgan fingerprint density at radius 2 is 1.86 bits per heavy atom. The van der Waals surface area contributed by atoms with Crippen molar-refractivity contribution >= 4 is 17.6 Å². The molecule has 0 spiro atoms. The van der Waals surface area contributed by atoms with E-state index in [0.717, 1.165) is 16.8 Å². The molecule has 1 aliphatic rings. The number of aliphatic imine (C=N–C) groups is 1. The first-order chi connectivity index (χ1) is 14.2. The lowest BCUT2D eigenvalue weighted by molar-refractivity contribution is -0.136. The van der Waals surface area contributed by atoms with Crippen molar-refractivity contribution in [3.63, 3.8) is 0 Å². The molecule has 7 heteroatoms. The highest BCUT2D eigenvalue weighted by Gasteiger charge is 2.27. The Labute approximate surface area is 171 Å². The fraction of sp³-hybridized carbons (Fsp3) is 0.364. The van der Waals surface area contributed by atoms with Gasteiger partial charge in [0.05, 0.1) is 32.3 Å². The number of amides is 1. The number of rotatable bonds is 7. The Bertz CT molecular complexity index is 820. The van der Waals surface area contributed by atoms with Crippen LogP contribution in [0.5, 0.6) is 0 Å². The molecule has 0 aliphatic carbocycles. The fourth-order valence-corrected chi connectivity index (χ4v) is 3.31. The van der Waals surface area contributed by atoms with E-state index in [1.54, 1.807) is 7.11 Å². The van der Waals surface area contributed by atoms with Gasteiger partial charge in [-0.05, 0) is 11.6 Å². The molecule has 7 nitrogen and oxygen atoms in total. The molecule has 0 saturated carbocycles. The monoisotopic (exact) mass is 396 g/mol. The molecule has 2 aromatic rings. The van der Waals surface area contributed by atoms with Crippen LogP contribution in [0.2, 0.25) is 0 Å². The van der Waals surface area contributed by atoms with E-state index in [1.165, 1.54) is 0 Å².